The number of hydrogen-bond donors (Lipinski definition) is 0. The number of benzene rings is 5. The molecule has 4 nitrogen and oxygen atoms in total. The molecule has 0 aromatic heterocycles. The molecular weight excluding hydrogens is 958 g/mol. The van der Waals surface area contributed by atoms with Crippen molar-refractivity contribution in [3.8, 4) is 0 Å². The molecule has 5 aromatic rings. The van der Waals surface area contributed by atoms with Gasteiger partial charge in [0.15, 0.2) is 0 Å². The van der Waals surface area contributed by atoms with E-state index in [1.54, 1.807) is 0 Å². The zero-order valence-electron chi connectivity index (χ0n) is 34.8. The van der Waals surface area contributed by atoms with Gasteiger partial charge < -0.3 is 18.6 Å². The average Bonchev–Trinajstić information content (AvgIpc) is 3.45. The Labute approximate surface area is 371 Å². The Balaban J connectivity index is 0.000000196. The molecule has 10 heteroatoms. The molecule has 0 atom stereocenters. The minimum absolute atomic E-state index is 0.245. The minimum Gasteiger partial charge on any atom is -0.399 e. The summed E-state index contributed by atoms with van der Waals surface area (Å²) in [6.07, 6.45) is 0. The van der Waals surface area contributed by atoms with Gasteiger partial charge in [0, 0.05) is 17.9 Å². The van der Waals surface area contributed by atoms with E-state index in [0.29, 0.717) is 0 Å². The quantitative estimate of drug-likeness (QED) is 0.165. The van der Waals surface area contributed by atoms with Gasteiger partial charge in [0.05, 0.1) is 22.4 Å². The van der Waals surface area contributed by atoms with Crippen molar-refractivity contribution < 1.29 is 18.6 Å². The molecule has 0 radical (unpaired) electrons. The van der Waals surface area contributed by atoms with Crippen LogP contribution in [0.4, 0.5) is 0 Å². The van der Waals surface area contributed by atoms with Crippen LogP contribution in [0.3, 0.4) is 0 Å². The van der Waals surface area contributed by atoms with Crippen molar-refractivity contribution >= 4 is 88.9 Å². The van der Waals surface area contributed by atoms with Crippen LogP contribution >= 0.6 is 63.7 Å². The average molecular weight is 1010 g/mol. The predicted octanol–water partition coefficient (Wildman–Crippen LogP) is 13.3. The van der Waals surface area contributed by atoms with E-state index in [2.05, 4.69) is 207 Å². The summed E-state index contributed by atoms with van der Waals surface area (Å²) in [4.78, 5) is 0. The Morgan fingerprint density at radius 2 is 0.571 bits per heavy atom. The monoisotopic (exact) mass is 1010 g/mol. The molecule has 56 heavy (non-hydrogen) atoms. The number of aryl methyl sites for hydroxylation is 4. The van der Waals surface area contributed by atoms with Crippen molar-refractivity contribution in [2.75, 3.05) is 0 Å². The lowest BCUT2D eigenvalue weighted by molar-refractivity contribution is 0.00578. The smallest absolute Gasteiger partial charge is 0.399 e. The maximum absolute atomic E-state index is 5.98. The van der Waals surface area contributed by atoms with E-state index in [4.69, 9.17) is 18.6 Å². The van der Waals surface area contributed by atoms with E-state index in [1.807, 2.05) is 60.7 Å². The molecule has 0 N–H and O–H groups in total. The summed E-state index contributed by atoms with van der Waals surface area (Å²) >= 11 is 13.4. The molecule has 2 fully saturated rings. The van der Waals surface area contributed by atoms with Crippen molar-refractivity contribution in [2.45, 2.75) is 105 Å². The van der Waals surface area contributed by atoms with Crippen molar-refractivity contribution in [3.05, 3.63) is 161 Å². The van der Waals surface area contributed by atoms with Gasteiger partial charge >= 0.3 is 14.2 Å². The Kier molecular flexibility index (Phi) is 18.4. The lowest BCUT2D eigenvalue weighted by atomic mass is 9.78. The highest BCUT2D eigenvalue weighted by molar-refractivity contribution is 9.11. The van der Waals surface area contributed by atoms with Gasteiger partial charge in [-0.3, -0.25) is 0 Å². The maximum Gasteiger partial charge on any atom is 0.494 e. The third-order valence-electron chi connectivity index (χ3n) is 9.88. The van der Waals surface area contributed by atoms with Gasteiger partial charge in [-0.2, -0.15) is 0 Å². The summed E-state index contributed by atoms with van der Waals surface area (Å²) in [5.41, 5.74) is 6.18. The van der Waals surface area contributed by atoms with E-state index in [9.17, 15) is 0 Å². The second kappa shape index (κ2) is 21.3. The summed E-state index contributed by atoms with van der Waals surface area (Å²) in [5, 5.41) is 0. The Bertz CT molecular complexity index is 1740. The van der Waals surface area contributed by atoms with Crippen LogP contribution in [0.15, 0.2) is 139 Å². The van der Waals surface area contributed by atoms with Crippen molar-refractivity contribution in [2.24, 2.45) is 0 Å². The summed E-state index contributed by atoms with van der Waals surface area (Å²) in [6, 6.07) is 40.9. The minimum atomic E-state index is -0.262. The molecule has 2 saturated heterocycles. The number of hydrogen-bond acceptors (Lipinski definition) is 4. The van der Waals surface area contributed by atoms with E-state index in [1.165, 1.54) is 22.3 Å². The molecule has 0 bridgehead atoms. The van der Waals surface area contributed by atoms with Gasteiger partial charge in [0.2, 0.25) is 0 Å². The second-order valence-electron chi connectivity index (χ2n) is 16.0. The van der Waals surface area contributed by atoms with Gasteiger partial charge in [0.1, 0.15) is 0 Å². The fourth-order valence-corrected chi connectivity index (χ4v) is 7.40. The molecule has 7 rings (SSSR count). The number of halogens is 4. The first kappa shape index (κ1) is 48.4. The van der Waals surface area contributed by atoms with Gasteiger partial charge in [-0.05, 0) is 136 Å². The van der Waals surface area contributed by atoms with Crippen LogP contribution in [-0.4, -0.2) is 36.6 Å². The third kappa shape index (κ3) is 15.3. The van der Waals surface area contributed by atoms with Gasteiger partial charge in [-0.1, -0.05) is 165 Å². The Hall–Kier alpha value is -2.01. The standard InChI is InChI=1S/2C13H19BO2.2C7H7Br.C6H4Br2/c2*1-10-7-6-8-11(9-10)14-15-12(2,3)13(4,5)16-14;2*1-6-3-2-4-7(8)5-6;7-5-2-1-3-6(8)4-5/h2*6-9H,1-5H3;2*2-5H,1H3;1-4H. The highest BCUT2D eigenvalue weighted by Crippen LogP contribution is 2.37. The Morgan fingerprint density at radius 1 is 0.339 bits per heavy atom. The molecule has 298 valence electrons. The van der Waals surface area contributed by atoms with Crippen LogP contribution < -0.4 is 10.9 Å². The predicted molar refractivity (Wildman–Crippen MR) is 253 cm³/mol. The summed E-state index contributed by atoms with van der Waals surface area (Å²) in [7, 11) is -0.491. The summed E-state index contributed by atoms with van der Waals surface area (Å²) < 4.78 is 28.4. The van der Waals surface area contributed by atoms with Crippen LogP contribution in [0.5, 0.6) is 0 Å². The largest absolute Gasteiger partial charge is 0.494 e. The van der Waals surface area contributed by atoms with Crippen LogP contribution in [0.25, 0.3) is 0 Å². The molecule has 2 aliphatic heterocycles. The molecule has 0 spiro atoms. The van der Waals surface area contributed by atoms with Crippen LogP contribution in [0, 0.1) is 27.7 Å². The van der Waals surface area contributed by atoms with Gasteiger partial charge in [0.25, 0.3) is 0 Å². The van der Waals surface area contributed by atoms with E-state index in [-0.39, 0.29) is 36.6 Å². The summed E-state index contributed by atoms with van der Waals surface area (Å²) in [5.74, 6) is 0. The lowest BCUT2D eigenvalue weighted by Gasteiger charge is -2.32. The SMILES string of the molecule is Brc1cccc(Br)c1.Cc1cccc(B2OC(C)(C)C(C)(C)O2)c1.Cc1cccc(B2OC(C)(C)C(C)(C)O2)c1.Cc1cccc(Br)c1.Cc1cccc(Br)c1. The third-order valence-corrected chi connectivity index (χ3v) is 11.9. The van der Waals surface area contributed by atoms with E-state index in [0.717, 1.165) is 28.8 Å². The molecule has 0 amide bonds. The number of rotatable bonds is 2. The van der Waals surface area contributed by atoms with E-state index < -0.39 is 0 Å². The normalized spacial score (nSPS) is 16.8. The molecule has 0 unspecified atom stereocenters. The Morgan fingerprint density at radius 3 is 0.768 bits per heavy atom. The van der Waals surface area contributed by atoms with Crippen molar-refractivity contribution in [3.63, 3.8) is 0 Å². The lowest BCUT2D eigenvalue weighted by Crippen LogP contribution is -2.41. The van der Waals surface area contributed by atoms with Gasteiger partial charge in [-0.15, -0.1) is 0 Å². The molecule has 2 heterocycles. The topological polar surface area (TPSA) is 36.9 Å². The van der Waals surface area contributed by atoms with Crippen LogP contribution in [0.1, 0.15) is 77.6 Å². The first-order valence-corrected chi connectivity index (χ1v) is 21.9. The first-order valence-electron chi connectivity index (χ1n) is 18.7. The zero-order chi connectivity index (χ0) is 41.9. The molecule has 0 aliphatic carbocycles. The fraction of sp³-hybridized carbons (Fsp3) is 0.348. The molecule has 0 saturated carbocycles. The highest BCUT2D eigenvalue weighted by Gasteiger charge is 2.52. The van der Waals surface area contributed by atoms with Gasteiger partial charge in [-0.25, -0.2) is 0 Å². The van der Waals surface area contributed by atoms with Crippen molar-refractivity contribution in [1.29, 1.82) is 0 Å². The van der Waals surface area contributed by atoms with Crippen LogP contribution in [0.2, 0.25) is 0 Å². The summed E-state index contributed by atoms with van der Waals surface area (Å²) in [6.45, 7) is 24.9. The first-order chi connectivity index (χ1) is 26.0. The second-order valence-corrected chi connectivity index (χ2v) is 19.7. The molecule has 5 aromatic carbocycles. The fourth-order valence-electron chi connectivity index (χ4n) is 5.26. The van der Waals surface area contributed by atoms with E-state index >= 15 is 0 Å². The van der Waals surface area contributed by atoms with Crippen LogP contribution in [-0.2, 0) is 18.6 Å². The molecule has 2 aliphatic rings. The maximum atomic E-state index is 5.98. The zero-order valence-corrected chi connectivity index (χ0v) is 41.2. The molecular formula is C46H56B2Br4O4. The highest BCUT2D eigenvalue weighted by atomic mass is 79.9. The van der Waals surface area contributed by atoms with Crippen molar-refractivity contribution in [1.82, 2.24) is 0 Å².